The van der Waals surface area contributed by atoms with Crippen LogP contribution >= 0.6 is 0 Å². The third kappa shape index (κ3) is 2.96. The fraction of sp³-hybridized carbons (Fsp3) is 0.938. The summed E-state index contributed by atoms with van der Waals surface area (Å²) in [6, 6.07) is 0. The molecule has 110 valence electrons. The Kier molecular flexibility index (Phi) is 4.54. The van der Waals surface area contributed by atoms with Crippen LogP contribution in [0.15, 0.2) is 0 Å². The Balaban J connectivity index is 1.89. The van der Waals surface area contributed by atoms with Crippen molar-refractivity contribution in [3.05, 3.63) is 0 Å². The van der Waals surface area contributed by atoms with Gasteiger partial charge in [-0.1, -0.05) is 20.3 Å². The lowest BCUT2D eigenvalue weighted by Crippen LogP contribution is -2.43. The number of aliphatic carboxylic acids is 1. The predicted octanol–water partition coefficient (Wildman–Crippen LogP) is 3.25. The van der Waals surface area contributed by atoms with Crippen molar-refractivity contribution in [2.45, 2.75) is 52.4 Å². The minimum absolute atomic E-state index is 0.549. The number of carbonyl (C=O) groups is 1. The molecule has 0 aliphatic heterocycles. The van der Waals surface area contributed by atoms with Gasteiger partial charge >= 0.3 is 5.97 Å². The zero-order chi connectivity index (χ0) is 14.0. The van der Waals surface area contributed by atoms with Crippen LogP contribution in [0.1, 0.15) is 52.4 Å². The van der Waals surface area contributed by atoms with E-state index in [1.54, 1.807) is 0 Å². The third-order valence-corrected chi connectivity index (χ3v) is 5.81. The molecule has 0 heterocycles. The molecule has 3 heteroatoms. The summed E-state index contributed by atoms with van der Waals surface area (Å²) in [5.74, 6) is 2.10. The fourth-order valence-electron chi connectivity index (χ4n) is 4.43. The van der Waals surface area contributed by atoms with Crippen molar-refractivity contribution in [1.82, 2.24) is 4.90 Å². The lowest BCUT2D eigenvalue weighted by atomic mass is 9.81. The summed E-state index contributed by atoms with van der Waals surface area (Å²) in [5.41, 5.74) is -0.549. The van der Waals surface area contributed by atoms with Gasteiger partial charge in [-0.15, -0.1) is 0 Å². The molecule has 2 aliphatic rings. The molecule has 3 unspecified atom stereocenters. The molecule has 3 atom stereocenters. The number of hydrogen-bond donors (Lipinski definition) is 1. The van der Waals surface area contributed by atoms with Crippen LogP contribution in [0.2, 0.25) is 0 Å². The Labute approximate surface area is 117 Å². The van der Waals surface area contributed by atoms with E-state index >= 15 is 0 Å². The molecular formula is C16H29NO2. The largest absolute Gasteiger partial charge is 0.481 e. The minimum atomic E-state index is -0.628. The average Bonchev–Trinajstić information content (AvgIpc) is 2.97. The lowest BCUT2D eigenvalue weighted by Gasteiger charge is -2.34. The van der Waals surface area contributed by atoms with E-state index < -0.39 is 11.4 Å². The second-order valence-electron chi connectivity index (χ2n) is 6.92. The van der Waals surface area contributed by atoms with Gasteiger partial charge in [0.05, 0.1) is 5.41 Å². The molecule has 0 radical (unpaired) electrons. The minimum Gasteiger partial charge on any atom is -0.481 e. The molecule has 2 fully saturated rings. The number of fused-ring (bicyclic) bond motifs is 2. The number of nitrogens with zero attached hydrogens (tertiary/aromatic N) is 1. The van der Waals surface area contributed by atoms with Crippen molar-refractivity contribution < 1.29 is 9.90 Å². The first kappa shape index (κ1) is 14.8. The van der Waals surface area contributed by atoms with E-state index in [4.69, 9.17) is 0 Å². The molecule has 0 spiro atoms. The van der Waals surface area contributed by atoms with Gasteiger partial charge in [-0.25, -0.2) is 0 Å². The monoisotopic (exact) mass is 267 g/mol. The summed E-state index contributed by atoms with van der Waals surface area (Å²) in [5, 5.41) is 9.51. The Hall–Kier alpha value is -0.570. The van der Waals surface area contributed by atoms with Crippen molar-refractivity contribution in [1.29, 1.82) is 0 Å². The highest BCUT2D eigenvalue weighted by molar-refractivity contribution is 5.74. The van der Waals surface area contributed by atoms with E-state index in [2.05, 4.69) is 11.9 Å². The van der Waals surface area contributed by atoms with Crippen LogP contribution in [0.3, 0.4) is 0 Å². The Morgan fingerprint density at radius 1 is 1.26 bits per heavy atom. The fourth-order valence-corrected chi connectivity index (χ4v) is 4.43. The number of hydrogen-bond acceptors (Lipinski definition) is 2. The van der Waals surface area contributed by atoms with Gasteiger partial charge in [0, 0.05) is 13.1 Å². The Morgan fingerprint density at radius 3 is 2.37 bits per heavy atom. The van der Waals surface area contributed by atoms with Gasteiger partial charge in [-0.05, 0) is 56.9 Å². The SMILES string of the molecule is CCC(CC)(CN(C)CC1CC2CCC1C2)C(=O)O. The Morgan fingerprint density at radius 2 is 1.95 bits per heavy atom. The van der Waals surface area contributed by atoms with Gasteiger partial charge in [0.25, 0.3) is 0 Å². The molecule has 2 aliphatic carbocycles. The van der Waals surface area contributed by atoms with Gasteiger partial charge in [-0.3, -0.25) is 4.79 Å². The van der Waals surface area contributed by atoms with Crippen LogP contribution in [-0.4, -0.2) is 36.1 Å². The second-order valence-corrected chi connectivity index (χ2v) is 6.92. The van der Waals surface area contributed by atoms with Gasteiger partial charge < -0.3 is 10.0 Å². The first-order valence-electron chi connectivity index (χ1n) is 7.92. The molecule has 3 nitrogen and oxygen atoms in total. The quantitative estimate of drug-likeness (QED) is 0.770. The predicted molar refractivity (Wildman–Crippen MR) is 77.1 cm³/mol. The highest BCUT2D eigenvalue weighted by Crippen LogP contribution is 2.48. The van der Waals surface area contributed by atoms with Gasteiger partial charge in [0.15, 0.2) is 0 Å². The maximum atomic E-state index is 11.6. The first-order valence-corrected chi connectivity index (χ1v) is 7.92. The topological polar surface area (TPSA) is 40.5 Å². The van der Waals surface area contributed by atoms with E-state index in [9.17, 15) is 9.90 Å². The maximum Gasteiger partial charge on any atom is 0.310 e. The molecule has 2 saturated carbocycles. The smallest absolute Gasteiger partial charge is 0.310 e. The molecule has 0 aromatic carbocycles. The van der Waals surface area contributed by atoms with E-state index in [1.165, 1.54) is 25.7 Å². The molecule has 0 saturated heterocycles. The maximum absolute atomic E-state index is 11.6. The van der Waals surface area contributed by atoms with E-state index in [0.717, 1.165) is 37.1 Å². The standard InChI is InChI=1S/C16H29NO2/c1-4-16(5-2,15(18)19)11-17(3)10-14-9-12-6-7-13(14)8-12/h12-14H,4-11H2,1-3H3,(H,18,19). The summed E-state index contributed by atoms with van der Waals surface area (Å²) in [4.78, 5) is 13.8. The van der Waals surface area contributed by atoms with Gasteiger partial charge in [0.1, 0.15) is 0 Å². The van der Waals surface area contributed by atoms with Crippen molar-refractivity contribution in [3.8, 4) is 0 Å². The van der Waals surface area contributed by atoms with Crippen LogP contribution in [0.5, 0.6) is 0 Å². The number of rotatable bonds is 7. The third-order valence-electron chi connectivity index (χ3n) is 5.81. The lowest BCUT2D eigenvalue weighted by molar-refractivity contribution is -0.150. The van der Waals surface area contributed by atoms with Crippen molar-refractivity contribution in [2.75, 3.05) is 20.1 Å². The van der Waals surface area contributed by atoms with E-state index in [-0.39, 0.29) is 0 Å². The zero-order valence-corrected chi connectivity index (χ0v) is 12.7. The molecule has 1 N–H and O–H groups in total. The Bertz CT molecular complexity index is 325. The highest BCUT2D eigenvalue weighted by Gasteiger charge is 2.41. The second kappa shape index (κ2) is 5.82. The molecule has 0 amide bonds. The summed E-state index contributed by atoms with van der Waals surface area (Å²) >= 11 is 0. The van der Waals surface area contributed by atoms with E-state index in [0.29, 0.717) is 6.54 Å². The molecule has 19 heavy (non-hydrogen) atoms. The van der Waals surface area contributed by atoms with Gasteiger partial charge in [0.2, 0.25) is 0 Å². The molecule has 2 rings (SSSR count). The van der Waals surface area contributed by atoms with Crippen molar-refractivity contribution in [3.63, 3.8) is 0 Å². The van der Waals surface area contributed by atoms with Crippen LogP contribution in [0.25, 0.3) is 0 Å². The molecular weight excluding hydrogens is 238 g/mol. The normalized spacial score (nSPS) is 30.2. The summed E-state index contributed by atoms with van der Waals surface area (Å²) in [7, 11) is 2.11. The molecule has 0 aromatic rings. The molecule has 2 bridgehead atoms. The van der Waals surface area contributed by atoms with Gasteiger partial charge in [-0.2, -0.15) is 0 Å². The first-order chi connectivity index (χ1) is 9.00. The van der Waals surface area contributed by atoms with Crippen LogP contribution in [-0.2, 0) is 4.79 Å². The number of carboxylic acid groups (broad SMARTS) is 1. The van der Waals surface area contributed by atoms with E-state index in [1.807, 2.05) is 13.8 Å². The zero-order valence-electron chi connectivity index (χ0n) is 12.7. The van der Waals surface area contributed by atoms with Crippen molar-refractivity contribution in [2.24, 2.45) is 23.2 Å². The highest BCUT2D eigenvalue weighted by atomic mass is 16.4. The summed E-state index contributed by atoms with van der Waals surface area (Å²) < 4.78 is 0. The molecule has 0 aromatic heterocycles. The average molecular weight is 267 g/mol. The van der Waals surface area contributed by atoms with Crippen molar-refractivity contribution >= 4 is 5.97 Å². The summed E-state index contributed by atoms with van der Waals surface area (Å²) in [6.45, 7) is 5.80. The summed E-state index contributed by atoms with van der Waals surface area (Å²) in [6.07, 6.45) is 7.11. The van der Waals surface area contributed by atoms with Crippen LogP contribution in [0, 0.1) is 23.2 Å². The van der Waals surface area contributed by atoms with Crippen LogP contribution in [0.4, 0.5) is 0 Å². The van der Waals surface area contributed by atoms with Crippen LogP contribution < -0.4 is 0 Å². The number of carboxylic acids is 1.